The Labute approximate surface area is 327 Å². The van der Waals surface area contributed by atoms with Gasteiger partial charge in [0.1, 0.15) is 5.75 Å². The molecule has 2 amide bonds. The van der Waals surface area contributed by atoms with Crippen LogP contribution in [0.3, 0.4) is 0 Å². The van der Waals surface area contributed by atoms with Crippen LogP contribution in [-0.4, -0.2) is 55.5 Å². The third-order valence-corrected chi connectivity index (χ3v) is 17.8. The van der Waals surface area contributed by atoms with Crippen molar-refractivity contribution in [2.75, 3.05) is 13.2 Å². The molecule has 286 valence electrons. The summed E-state index contributed by atoms with van der Waals surface area (Å²) in [5, 5.41) is 12.7. The minimum atomic E-state index is -2.88. The number of aromatic hydroxyl groups is 1. The van der Waals surface area contributed by atoms with Gasteiger partial charge in [0.2, 0.25) is 11.8 Å². The predicted octanol–water partition coefficient (Wildman–Crippen LogP) is 9.24. The molecule has 3 aromatic carbocycles. The third kappa shape index (κ3) is 7.42. The first-order chi connectivity index (χ1) is 26.0. The van der Waals surface area contributed by atoms with Gasteiger partial charge in [-0.05, 0) is 88.8 Å². The number of ether oxygens (including phenoxy) is 1. The van der Waals surface area contributed by atoms with Crippen molar-refractivity contribution in [1.82, 2.24) is 4.90 Å². The summed E-state index contributed by atoms with van der Waals surface area (Å²) >= 11 is 6.54. The van der Waals surface area contributed by atoms with Crippen LogP contribution >= 0.6 is 11.6 Å². The predicted molar refractivity (Wildman–Crippen MR) is 219 cm³/mol. The number of fused-ring (bicyclic) bond motifs is 3. The number of rotatable bonds is 12. The van der Waals surface area contributed by atoms with Gasteiger partial charge in [0.25, 0.3) is 8.32 Å². The number of amides is 2. The first kappa shape index (κ1) is 38.8. The Morgan fingerprint density at radius 3 is 2.20 bits per heavy atom. The lowest BCUT2D eigenvalue weighted by atomic mass is 9.69. The van der Waals surface area contributed by atoms with E-state index >= 15 is 0 Å². The summed E-state index contributed by atoms with van der Waals surface area (Å²) in [7, 11) is -2.88. The van der Waals surface area contributed by atoms with Crippen LogP contribution in [0, 0.1) is 17.8 Å². The van der Waals surface area contributed by atoms with E-state index in [1.165, 1.54) is 27.9 Å². The summed E-state index contributed by atoms with van der Waals surface area (Å²) in [6.45, 7) is 9.90. The zero-order valence-corrected chi connectivity index (χ0v) is 34.1. The summed E-state index contributed by atoms with van der Waals surface area (Å²) in [5.74, 6) is -0.706. The zero-order valence-electron chi connectivity index (χ0n) is 32.4. The topological polar surface area (TPSA) is 76.1 Å². The fraction of sp³-hybridized carbons (Fsp3) is 0.478. The van der Waals surface area contributed by atoms with Crippen LogP contribution in [0.1, 0.15) is 97.5 Å². The molecule has 0 aromatic heterocycles. The Balaban J connectivity index is 1.26. The van der Waals surface area contributed by atoms with Crippen molar-refractivity contribution in [3.05, 3.63) is 106 Å². The van der Waals surface area contributed by atoms with E-state index in [1.54, 1.807) is 17.0 Å². The van der Waals surface area contributed by atoms with Crippen LogP contribution in [0.5, 0.6) is 5.75 Å². The Morgan fingerprint density at radius 1 is 0.926 bits per heavy atom. The molecule has 0 radical (unpaired) electrons. The SMILES string of the molecule is CCC/C(=C\c1ccc(O)cc1Cl)CC[C@H]1OC[C@H]2C1=C(CO[Si](c1ccccc1)(c1ccccc1)C(C)(C)C)C[C@H]1C(=O)N(C3CCCCC3)C(=O)[C@H]12. The lowest BCUT2D eigenvalue weighted by molar-refractivity contribution is -0.143. The fourth-order valence-corrected chi connectivity index (χ4v) is 14.8. The van der Waals surface area contributed by atoms with Gasteiger partial charge in [-0.25, -0.2) is 0 Å². The number of carbonyl (C=O) groups is 2. The number of carbonyl (C=O) groups excluding carboxylic acids is 2. The fourth-order valence-electron chi connectivity index (χ4n) is 10.0. The number of hydrogen-bond donors (Lipinski definition) is 1. The first-order valence-corrected chi connectivity index (χ1v) is 22.5. The number of hydrogen-bond acceptors (Lipinski definition) is 5. The third-order valence-electron chi connectivity index (χ3n) is 12.5. The molecule has 0 unspecified atom stereocenters. The number of benzene rings is 3. The van der Waals surface area contributed by atoms with E-state index in [2.05, 4.69) is 94.4 Å². The van der Waals surface area contributed by atoms with Gasteiger partial charge in [0.05, 0.1) is 36.2 Å². The molecule has 3 fully saturated rings. The number of phenols is 1. The summed E-state index contributed by atoms with van der Waals surface area (Å²) in [5.41, 5.74) is 4.50. The Kier molecular flexibility index (Phi) is 11.7. The monoisotopic (exact) mass is 765 g/mol. The highest BCUT2D eigenvalue weighted by molar-refractivity contribution is 6.99. The molecule has 2 heterocycles. The van der Waals surface area contributed by atoms with Gasteiger partial charge in [-0.2, -0.15) is 0 Å². The average molecular weight is 766 g/mol. The van der Waals surface area contributed by atoms with Crippen molar-refractivity contribution >= 4 is 48.2 Å². The molecule has 4 aliphatic rings. The summed E-state index contributed by atoms with van der Waals surface area (Å²) in [6.07, 6.45) is 11.1. The maximum Gasteiger partial charge on any atom is 0.261 e. The molecular formula is C46H56ClNO5Si. The first-order valence-electron chi connectivity index (χ1n) is 20.2. The van der Waals surface area contributed by atoms with Gasteiger partial charge in [-0.3, -0.25) is 14.5 Å². The minimum absolute atomic E-state index is 0.0104. The maximum atomic E-state index is 14.4. The van der Waals surface area contributed by atoms with E-state index in [-0.39, 0.29) is 52.5 Å². The van der Waals surface area contributed by atoms with Crippen molar-refractivity contribution < 1.29 is 23.9 Å². The van der Waals surface area contributed by atoms with Gasteiger partial charge in [-0.15, -0.1) is 0 Å². The number of nitrogens with zero attached hydrogens (tertiary/aromatic N) is 1. The van der Waals surface area contributed by atoms with Gasteiger partial charge in [0.15, 0.2) is 0 Å². The largest absolute Gasteiger partial charge is 0.508 e. The van der Waals surface area contributed by atoms with Gasteiger partial charge < -0.3 is 14.3 Å². The Hall–Kier alpha value is -3.49. The van der Waals surface area contributed by atoms with Crippen LogP contribution in [0.2, 0.25) is 10.1 Å². The molecule has 2 aliphatic heterocycles. The van der Waals surface area contributed by atoms with E-state index in [4.69, 9.17) is 20.8 Å². The highest BCUT2D eigenvalue weighted by Gasteiger charge is 2.59. The maximum absolute atomic E-state index is 14.4. The molecule has 3 aromatic rings. The van der Waals surface area contributed by atoms with Crippen LogP contribution in [0.4, 0.5) is 0 Å². The second kappa shape index (κ2) is 16.3. The molecule has 2 saturated heterocycles. The Morgan fingerprint density at radius 2 is 1.59 bits per heavy atom. The highest BCUT2D eigenvalue weighted by atomic mass is 35.5. The van der Waals surface area contributed by atoms with E-state index in [9.17, 15) is 14.7 Å². The molecule has 2 aliphatic carbocycles. The normalized spacial score (nSPS) is 23.9. The lowest BCUT2D eigenvalue weighted by Crippen LogP contribution is -2.66. The van der Waals surface area contributed by atoms with Crippen LogP contribution in [0.25, 0.3) is 6.08 Å². The molecule has 54 heavy (non-hydrogen) atoms. The smallest absolute Gasteiger partial charge is 0.261 e. The zero-order chi connectivity index (χ0) is 38.0. The van der Waals surface area contributed by atoms with E-state index in [1.807, 2.05) is 6.07 Å². The van der Waals surface area contributed by atoms with Crippen molar-refractivity contribution in [1.29, 1.82) is 0 Å². The molecule has 4 atom stereocenters. The van der Waals surface area contributed by atoms with Gasteiger partial charge in [0, 0.05) is 12.0 Å². The van der Waals surface area contributed by atoms with E-state index in [0.29, 0.717) is 24.7 Å². The lowest BCUT2D eigenvalue weighted by Gasteiger charge is -2.44. The Bertz CT molecular complexity index is 1840. The number of allylic oxidation sites excluding steroid dienone is 1. The number of imide groups is 1. The summed E-state index contributed by atoms with van der Waals surface area (Å²) in [6, 6.07) is 26.5. The van der Waals surface area contributed by atoms with Crippen molar-refractivity contribution in [2.24, 2.45) is 17.8 Å². The molecular weight excluding hydrogens is 710 g/mol. The van der Waals surface area contributed by atoms with Crippen LogP contribution in [-0.2, 0) is 18.8 Å². The molecule has 7 rings (SSSR count). The van der Waals surface area contributed by atoms with Crippen molar-refractivity contribution in [2.45, 2.75) is 109 Å². The van der Waals surface area contributed by atoms with Gasteiger partial charge in [-0.1, -0.05) is 137 Å². The second-order valence-electron chi connectivity index (χ2n) is 16.9. The molecule has 1 N–H and O–H groups in total. The molecule has 1 saturated carbocycles. The average Bonchev–Trinajstić information content (AvgIpc) is 3.70. The number of likely N-dealkylation sites (tertiary alicyclic amines) is 1. The molecule has 8 heteroatoms. The van der Waals surface area contributed by atoms with Crippen molar-refractivity contribution in [3.8, 4) is 5.75 Å². The second-order valence-corrected chi connectivity index (χ2v) is 21.6. The van der Waals surface area contributed by atoms with Crippen LogP contribution in [0.15, 0.2) is 95.6 Å². The van der Waals surface area contributed by atoms with E-state index < -0.39 is 8.32 Å². The van der Waals surface area contributed by atoms with Crippen LogP contribution < -0.4 is 10.4 Å². The van der Waals surface area contributed by atoms with E-state index in [0.717, 1.165) is 62.5 Å². The standard InChI is InChI=1S/C46H56ClNO5Si/c1-5-15-31(26-32-23-24-35(49)28-40(32)47)22-25-41-42-33(27-38-43(39(42)30-52-41)45(51)48(44(38)50)34-16-9-6-10-17-34)29-53-54(46(2,3)4,36-18-11-7-12-19-36)37-20-13-8-14-21-37/h7-8,11-14,18-21,23-24,26,28,34,38-39,41,43,49H,5-6,9-10,15-17,22,25,27,29-30H2,1-4H3/b31-26+/t38-,39+,41-,43-/m1/s1. The molecule has 0 bridgehead atoms. The molecule has 6 nitrogen and oxygen atoms in total. The summed E-state index contributed by atoms with van der Waals surface area (Å²) < 4.78 is 14.3. The molecule has 0 spiro atoms. The van der Waals surface area contributed by atoms with Gasteiger partial charge >= 0.3 is 0 Å². The highest BCUT2D eigenvalue weighted by Crippen LogP contribution is 2.51. The number of halogens is 1. The number of phenolic OH excluding ortho intramolecular Hbond substituents is 1. The quantitative estimate of drug-likeness (QED) is 0.113. The summed E-state index contributed by atoms with van der Waals surface area (Å²) in [4.78, 5) is 30.4. The van der Waals surface area contributed by atoms with Crippen molar-refractivity contribution in [3.63, 3.8) is 0 Å². The minimum Gasteiger partial charge on any atom is -0.508 e.